The van der Waals surface area contributed by atoms with E-state index in [-0.39, 0.29) is 0 Å². The molecule has 0 aliphatic carbocycles. The van der Waals surface area contributed by atoms with Crippen LogP contribution in [-0.2, 0) is 0 Å². The summed E-state index contributed by atoms with van der Waals surface area (Å²) < 4.78 is 0. The van der Waals surface area contributed by atoms with Crippen molar-refractivity contribution >= 4 is 0 Å². The third-order valence-corrected chi connectivity index (χ3v) is 2.16. The van der Waals surface area contributed by atoms with E-state index >= 15 is 0 Å². The van der Waals surface area contributed by atoms with Crippen molar-refractivity contribution in [2.45, 2.75) is 33.2 Å². The largest absolute Gasteiger partial charge is 0.372 e. The predicted octanol–water partition coefficient (Wildman–Crippen LogP) is 2.81. The van der Waals surface area contributed by atoms with Gasteiger partial charge in [0.15, 0.2) is 0 Å². The molecule has 0 aromatic heterocycles. The summed E-state index contributed by atoms with van der Waals surface area (Å²) in [5.41, 5.74) is 1.21. The van der Waals surface area contributed by atoms with E-state index in [1.807, 2.05) is 13.0 Å². The molecule has 0 radical (unpaired) electrons. The lowest BCUT2D eigenvalue weighted by atomic mass is 10.2. The minimum Gasteiger partial charge on any atom is -0.372 e. The van der Waals surface area contributed by atoms with Crippen molar-refractivity contribution in [1.29, 1.82) is 0 Å². The number of likely N-dealkylation sites (N-methyl/N-ethyl adjacent to an activating group) is 1. The number of rotatable bonds is 4. The molecule has 0 saturated carbocycles. The van der Waals surface area contributed by atoms with Crippen LogP contribution in [0, 0.1) is 0 Å². The maximum atomic E-state index is 3.76. The highest BCUT2D eigenvalue weighted by Gasteiger charge is 2.05. The number of nitrogens with zero attached hydrogens (tertiary/aromatic N) is 1. The van der Waals surface area contributed by atoms with Gasteiger partial charge in [-0.05, 0) is 26.3 Å². The molecule has 0 fully saturated rings. The van der Waals surface area contributed by atoms with Crippen LogP contribution in [0.2, 0.25) is 0 Å². The Kier molecular flexibility index (Phi) is 4.67. The van der Waals surface area contributed by atoms with Gasteiger partial charge >= 0.3 is 0 Å². The van der Waals surface area contributed by atoms with Crippen LogP contribution in [0.25, 0.3) is 0 Å². The maximum absolute atomic E-state index is 3.76. The van der Waals surface area contributed by atoms with E-state index in [1.54, 1.807) is 0 Å². The number of hydrogen-bond acceptors (Lipinski definition) is 1. The highest BCUT2D eigenvalue weighted by atomic mass is 15.1. The monoisotopic (exact) mass is 153 g/mol. The fourth-order valence-corrected chi connectivity index (χ4v) is 0.994. The SMILES string of the molecule is C=C/C(=C\C)N(C)C(C)CC. The molecule has 0 amide bonds. The molecule has 0 N–H and O–H groups in total. The Morgan fingerprint density at radius 3 is 2.45 bits per heavy atom. The van der Waals surface area contributed by atoms with Gasteiger partial charge in [-0.15, -0.1) is 0 Å². The van der Waals surface area contributed by atoms with Crippen molar-refractivity contribution in [2.24, 2.45) is 0 Å². The Hall–Kier alpha value is -0.720. The summed E-state index contributed by atoms with van der Waals surface area (Å²) in [6.07, 6.45) is 5.15. The van der Waals surface area contributed by atoms with Crippen LogP contribution in [0.3, 0.4) is 0 Å². The molecular formula is C10H19N. The Labute approximate surface area is 70.4 Å². The fourth-order valence-electron chi connectivity index (χ4n) is 0.994. The highest BCUT2D eigenvalue weighted by molar-refractivity contribution is 5.13. The van der Waals surface area contributed by atoms with Crippen molar-refractivity contribution in [1.82, 2.24) is 4.90 Å². The summed E-state index contributed by atoms with van der Waals surface area (Å²) in [7, 11) is 2.10. The first-order valence-electron chi connectivity index (χ1n) is 4.18. The van der Waals surface area contributed by atoms with Gasteiger partial charge in [0.05, 0.1) is 0 Å². The topological polar surface area (TPSA) is 3.24 Å². The summed E-state index contributed by atoms with van der Waals surface area (Å²) in [5.74, 6) is 0. The average molecular weight is 153 g/mol. The van der Waals surface area contributed by atoms with Crippen molar-refractivity contribution < 1.29 is 0 Å². The van der Waals surface area contributed by atoms with Crippen LogP contribution in [0.4, 0.5) is 0 Å². The molecule has 0 aliphatic rings. The molecular weight excluding hydrogens is 134 g/mol. The zero-order valence-electron chi connectivity index (χ0n) is 8.09. The summed E-state index contributed by atoms with van der Waals surface area (Å²) in [6.45, 7) is 10.2. The third kappa shape index (κ3) is 2.79. The molecule has 1 unspecified atom stereocenters. The first-order chi connectivity index (χ1) is 5.17. The lowest BCUT2D eigenvalue weighted by Gasteiger charge is -2.26. The second kappa shape index (κ2) is 5.00. The average Bonchev–Trinajstić information content (AvgIpc) is 2.05. The molecule has 0 aromatic rings. The van der Waals surface area contributed by atoms with Gasteiger partial charge in [0.25, 0.3) is 0 Å². The van der Waals surface area contributed by atoms with Gasteiger partial charge in [0.2, 0.25) is 0 Å². The van der Waals surface area contributed by atoms with E-state index in [1.165, 1.54) is 12.1 Å². The van der Waals surface area contributed by atoms with E-state index in [2.05, 4.69) is 38.5 Å². The van der Waals surface area contributed by atoms with Crippen molar-refractivity contribution in [3.8, 4) is 0 Å². The van der Waals surface area contributed by atoms with Gasteiger partial charge < -0.3 is 4.90 Å². The second-order valence-corrected chi connectivity index (χ2v) is 2.79. The molecule has 11 heavy (non-hydrogen) atoms. The van der Waals surface area contributed by atoms with Crippen LogP contribution in [-0.4, -0.2) is 18.0 Å². The van der Waals surface area contributed by atoms with Crippen LogP contribution in [0.1, 0.15) is 27.2 Å². The molecule has 0 aromatic carbocycles. The van der Waals surface area contributed by atoms with Crippen molar-refractivity contribution in [3.05, 3.63) is 24.4 Å². The molecule has 1 heteroatoms. The lowest BCUT2D eigenvalue weighted by molar-refractivity contribution is 0.324. The Balaban J connectivity index is 4.20. The Bertz CT molecular complexity index is 147. The fraction of sp³-hybridized carbons (Fsp3) is 0.600. The Morgan fingerprint density at radius 2 is 2.18 bits per heavy atom. The van der Waals surface area contributed by atoms with Crippen LogP contribution in [0.15, 0.2) is 24.4 Å². The molecule has 0 bridgehead atoms. The quantitative estimate of drug-likeness (QED) is 0.561. The van der Waals surface area contributed by atoms with Gasteiger partial charge in [-0.2, -0.15) is 0 Å². The van der Waals surface area contributed by atoms with Gasteiger partial charge in [-0.25, -0.2) is 0 Å². The third-order valence-electron chi connectivity index (χ3n) is 2.16. The predicted molar refractivity (Wildman–Crippen MR) is 51.5 cm³/mol. The van der Waals surface area contributed by atoms with E-state index in [4.69, 9.17) is 0 Å². The van der Waals surface area contributed by atoms with Gasteiger partial charge in [0, 0.05) is 18.8 Å². The molecule has 0 spiro atoms. The molecule has 1 atom stereocenters. The highest BCUT2D eigenvalue weighted by Crippen LogP contribution is 2.09. The van der Waals surface area contributed by atoms with E-state index < -0.39 is 0 Å². The van der Waals surface area contributed by atoms with Crippen molar-refractivity contribution in [2.75, 3.05) is 7.05 Å². The van der Waals surface area contributed by atoms with Gasteiger partial charge in [-0.3, -0.25) is 0 Å². The molecule has 64 valence electrons. The van der Waals surface area contributed by atoms with Crippen LogP contribution < -0.4 is 0 Å². The normalized spacial score (nSPS) is 14.4. The summed E-state index contributed by atoms with van der Waals surface area (Å²) in [4.78, 5) is 2.24. The molecule has 0 saturated heterocycles. The van der Waals surface area contributed by atoms with Crippen LogP contribution >= 0.6 is 0 Å². The maximum Gasteiger partial charge on any atom is 0.0316 e. The first-order valence-corrected chi connectivity index (χ1v) is 4.18. The number of hydrogen-bond donors (Lipinski definition) is 0. The van der Waals surface area contributed by atoms with Crippen LogP contribution in [0.5, 0.6) is 0 Å². The van der Waals surface area contributed by atoms with Crippen molar-refractivity contribution in [3.63, 3.8) is 0 Å². The minimum absolute atomic E-state index is 0.596. The number of allylic oxidation sites excluding steroid dienone is 2. The summed E-state index contributed by atoms with van der Waals surface area (Å²) >= 11 is 0. The first kappa shape index (κ1) is 10.3. The van der Waals surface area contributed by atoms with Gasteiger partial charge in [0.1, 0.15) is 0 Å². The van der Waals surface area contributed by atoms with Gasteiger partial charge in [-0.1, -0.05) is 19.6 Å². The summed E-state index contributed by atoms with van der Waals surface area (Å²) in [5, 5.41) is 0. The smallest absolute Gasteiger partial charge is 0.0316 e. The zero-order chi connectivity index (χ0) is 8.85. The van der Waals surface area contributed by atoms with E-state index in [0.717, 1.165) is 0 Å². The summed E-state index contributed by atoms with van der Waals surface area (Å²) in [6, 6.07) is 0.596. The molecule has 0 heterocycles. The molecule has 1 nitrogen and oxygen atoms in total. The molecule has 0 rings (SSSR count). The zero-order valence-corrected chi connectivity index (χ0v) is 8.09. The van der Waals surface area contributed by atoms with E-state index in [9.17, 15) is 0 Å². The second-order valence-electron chi connectivity index (χ2n) is 2.79. The Morgan fingerprint density at radius 1 is 1.64 bits per heavy atom. The minimum atomic E-state index is 0.596. The lowest BCUT2D eigenvalue weighted by Crippen LogP contribution is -2.26. The van der Waals surface area contributed by atoms with E-state index in [0.29, 0.717) is 6.04 Å². The molecule has 0 aliphatic heterocycles. The standard InChI is InChI=1S/C10H19N/c1-6-9(4)11(5)10(7-2)8-3/h7-9H,2,6H2,1,3-5H3/b10-8+.